The number of rotatable bonds is 5. The SMILES string of the molecule is Cc1noc(C)c1C(=O)Nc1ccccc1Cc1nc(-c2cccs2)no1. The molecule has 7 nitrogen and oxygen atoms in total. The zero-order valence-corrected chi connectivity index (χ0v) is 15.5. The highest BCUT2D eigenvalue weighted by molar-refractivity contribution is 7.13. The van der Waals surface area contributed by atoms with Gasteiger partial charge >= 0.3 is 0 Å². The summed E-state index contributed by atoms with van der Waals surface area (Å²) < 4.78 is 10.4. The van der Waals surface area contributed by atoms with E-state index in [4.69, 9.17) is 9.05 Å². The number of nitrogens with zero attached hydrogens (tertiary/aromatic N) is 3. The first-order chi connectivity index (χ1) is 13.1. The van der Waals surface area contributed by atoms with E-state index in [2.05, 4.69) is 20.6 Å². The average Bonchev–Trinajstić information content (AvgIpc) is 3.38. The van der Waals surface area contributed by atoms with Gasteiger partial charge in [0.15, 0.2) is 0 Å². The number of carbonyl (C=O) groups excluding carboxylic acids is 1. The van der Waals surface area contributed by atoms with Crippen LogP contribution in [0.25, 0.3) is 10.7 Å². The van der Waals surface area contributed by atoms with E-state index < -0.39 is 0 Å². The van der Waals surface area contributed by atoms with Crippen LogP contribution in [0.3, 0.4) is 0 Å². The fourth-order valence-corrected chi connectivity index (χ4v) is 3.43. The number of para-hydroxylation sites is 1. The molecule has 0 aliphatic heterocycles. The molecule has 0 bridgehead atoms. The van der Waals surface area contributed by atoms with Crippen LogP contribution < -0.4 is 5.32 Å². The lowest BCUT2D eigenvalue weighted by Gasteiger charge is -2.09. The summed E-state index contributed by atoms with van der Waals surface area (Å²) in [6, 6.07) is 11.4. The first kappa shape index (κ1) is 17.2. The third kappa shape index (κ3) is 3.52. The second kappa shape index (κ2) is 7.16. The van der Waals surface area contributed by atoms with Crippen molar-refractivity contribution in [3.05, 3.63) is 70.3 Å². The first-order valence-electron chi connectivity index (χ1n) is 8.30. The third-order valence-corrected chi connectivity index (χ3v) is 4.94. The van der Waals surface area contributed by atoms with Gasteiger partial charge in [-0.3, -0.25) is 4.79 Å². The molecule has 3 heterocycles. The number of amides is 1. The van der Waals surface area contributed by atoms with Crippen LogP contribution in [0.15, 0.2) is 50.8 Å². The molecule has 4 aromatic rings. The largest absolute Gasteiger partial charge is 0.361 e. The van der Waals surface area contributed by atoms with Crippen molar-refractivity contribution >= 4 is 22.9 Å². The predicted octanol–water partition coefficient (Wildman–Crippen LogP) is 4.25. The van der Waals surface area contributed by atoms with Crippen molar-refractivity contribution in [3.63, 3.8) is 0 Å². The van der Waals surface area contributed by atoms with Crippen molar-refractivity contribution in [2.75, 3.05) is 5.32 Å². The summed E-state index contributed by atoms with van der Waals surface area (Å²) in [7, 11) is 0. The second-order valence-electron chi connectivity index (χ2n) is 5.98. The zero-order valence-electron chi connectivity index (χ0n) is 14.7. The maximum Gasteiger partial charge on any atom is 0.261 e. The maximum absolute atomic E-state index is 12.6. The van der Waals surface area contributed by atoms with Gasteiger partial charge < -0.3 is 14.4 Å². The Bertz CT molecular complexity index is 1060. The molecule has 1 amide bonds. The van der Waals surface area contributed by atoms with Crippen molar-refractivity contribution in [1.29, 1.82) is 0 Å². The van der Waals surface area contributed by atoms with E-state index >= 15 is 0 Å². The molecule has 0 aliphatic rings. The Morgan fingerprint density at radius 3 is 2.70 bits per heavy atom. The number of nitrogens with one attached hydrogen (secondary N) is 1. The number of benzene rings is 1. The fraction of sp³-hybridized carbons (Fsp3) is 0.158. The minimum Gasteiger partial charge on any atom is -0.361 e. The smallest absolute Gasteiger partial charge is 0.261 e. The number of hydrogen-bond donors (Lipinski definition) is 1. The fourth-order valence-electron chi connectivity index (χ4n) is 2.78. The van der Waals surface area contributed by atoms with Gasteiger partial charge in [0.25, 0.3) is 5.91 Å². The van der Waals surface area contributed by atoms with Crippen molar-refractivity contribution in [3.8, 4) is 10.7 Å². The molecule has 8 heteroatoms. The van der Waals surface area contributed by atoms with E-state index in [-0.39, 0.29) is 5.91 Å². The Balaban J connectivity index is 1.56. The molecule has 0 unspecified atom stereocenters. The summed E-state index contributed by atoms with van der Waals surface area (Å²) in [4.78, 5) is 18.0. The number of carbonyl (C=O) groups is 1. The number of thiophene rings is 1. The van der Waals surface area contributed by atoms with Crippen LogP contribution >= 0.6 is 11.3 Å². The average molecular weight is 380 g/mol. The molecule has 3 aromatic heterocycles. The van der Waals surface area contributed by atoms with Crippen LogP contribution in [0, 0.1) is 13.8 Å². The lowest BCUT2D eigenvalue weighted by Crippen LogP contribution is -2.15. The summed E-state index contributed by atoms with van der Waals surface area (Å²) in [5.41, 5.74) is 2.56. The Labute approximate surface area is 159 Å². The van der Waals surface area contributed by atoms with E-state index in [1.165, 1.54) is 0 Å². The summed E-state index contributed by atoms with van der Waals surface area (Å²) in [5.74, 6) is 1.28. The van der Waals surface area contributed by atoms with Crippen LogP contribution in [0.2, 0.25) is 0 Å². The Hall–Kier alpha value is -3.26. The molecular weight excluding hydrogens is 364 g/mol. The van der Waals surface area contributed by atoms with Crippen LogP contribution in [-0.4, -0.2) is 21.2 Å². The molecule has 0 saturated carbocycles. The molecule has 0 saturated heterocycles. The lowest BCUT2D eigenvalue weighted by atomic mass is 10.1. The highest BCUT2D eigenvalue weighted by Crippen LogP contribution is 2.24. The van der Waals surface area contributed by atoms with Crippen LogP contribution in [0.4, 0.5) is 5.69 Å². The molecule has 0 radical (unpaired) electrons. The van der Waals surface area contributed by atoms with Gasteiger partial charge in [0.2, 0.25) is 11.7 Å². The van der Waals surface area contributed by atoms with Crippen molar-refractivity contribution < 1.29 is 13.8 Å². The Morgan fingerprint density at radius 2 is 1.96 bits per heavy atom. The van der Waals surface area contributed by atoms with Gasteiger partial charge in [0, 0.05) is 5.69 Å². The molecule has 0 spiro atoms. The van der Waals surface area contributed by atoms with E-state index in [1.807, 2.05) is 41.8 Å². The topological polar surface area (TPSA) is 94.1 Å². The number of anilines is 1. The highest BCUT2D eigenvalue weighted by atomic mass is 32.1. The molecule has 27 heavy (non-hydrogen) atoms. The first-order valence-corrected chi connectivity index (χ1v) is 9.18. The van der Waals surface area contributed by atoms with E-state index in [9.17, 15) is 4.79 Å². The standard InChI is InChI=1S/C19H16N4O3S/c1-11-17(12(2)25-22-11)19(24)20-14-7-4-3-6-13(14)10-16-21-18(23-26-16)15-8-5-9-27-15/h3-9H,10H2,1-2H3,(H,20,24). The molecule has 136 valence electrons. The van der Waals surface area contributed by atoms with Gasteiger partial charge in [-0.1, -0.05) is 34.6 Å². The Morgan fingerprint density at radius 1 is 1.11 bits per heavy atom. The van der Waals surface area contributed by atoms with Gasteiger partial charge in [-0.05, 0) is 36.9 Å². The van der Waals surface area contributed by atoms with E-state index in [1.54, 1.807) is 25.2 Å². The third-order valence-electron chi connectivity index (χ3n) is 4.08. The van der Waals surface area contributed by atoms with Crippen molar-refractivity contribution in [1.82, 2.24) is 15.3 Å². The van der Waals surface area contributed by atoms with Gasteiger partial charge in [-0.2, -0.15) is 4.98 Å². The van der Waals surface area contributed by atoms with Crippen LogP contribution in [-0.2, 0) is 6.42 Å². The maximum atomic E-state index is 12.6. The van der Waals surface area contributed by atoms with E-state index in [0.29, 0.717) is 40.8 Å². The van der Waals surface area contributed by atoms with Gasteiger partial charge in [-0.15, -0.1) is 11.3 Å². The number of hydrogen-bond acceptors (Lipinski definition) is 7. The summed E-state index contributed by atoms with van der Waals surface area (Å²) in [5, 5.41) is 12.7. The molecular formula is C19H16N4O3S. The van der Waals surface area contributed by atoms with Crippen molar-refractivity contribution in [2.24, 2.45) is 0 Å². The molecule has 1 aromatic carbocycles. The summed E-state index contributed by atoms with van der Waals surface area (Å²) in [6.45, 7) is 3.45. The monoisotopic (exact) mass is 380 g/mol. The normalized spacial score (nSPS) is 10.9. The van der Waals surface area contributed by atoms with E-state index in [0.717, 1.165) is 10.4 Å². The molecule has 0 aliphatic carbocycles. The quantitative estimate of drug-likeness (QED) is 0.556. The zero-order chi connectivity index (χ0) is 18.8. The minimum atomic E-state index is -0.261. The lowest BCUT2D eigenvalue weighted by molar-refractivity contribution is 0.102. The van der Waals surface area contributed by atoms with Crippen LogP contribution in [0.5, 0.6) is 0 Å². The Kier molecular flexibility index (Phi) is 4.55. The second-order valence-corrected chi connectivity index (χ2v) is 6.92. The number of aryl methyl sites for hydroxylation is 2. The van der Waals surface area contributed by atoms with Crippen LogP contribution in [0.1, 0.15) is 33.3 Å². The molecule has 4 rings (SSSR count). The highest BCUT2D eigenvalue weighted by Gasteiger charge is 2.19. The minimum absolute atomic E-state index is 0.261. The molecule has 1 N–H and O–H groups in total. The summed E-state index contributed by atoms with van der Waals surface area (Å²) >= 11 is 1.55. The number of aromatic nitrogens is 3. The molecule has 0 fully saturated rings. The van der Waals surface area contributed by atoms with Gasteiger partial charge in [0.1, 0.15) is 11.3 Å². The van der Waals surface area contributed by atoms with Gasteiger partial charge in [0.05, 0.1) is 17.0 Å². The van der Waals surface area contributed by atoms with Gasteiger partial charge in [-0.25, -0.2) is 0 Å². The van der Waals surface area contributed by atoms with Crippen molar-refractivity contribution in [2.45, 2.75) is 20.3 Å². The summed E-state index contributed by atoms with van der Waals surface area (Å²) in [6.07, 6.45) is 0.413. The molecule has 0 atom stereocenters. The predicted molar refractivity (Wildman–Crippen MR) is 101 cm³/mol.